The SMILES string of the molecule is Nc1nccc(Nc2ccc3c(c2)C(NC(=O)c2ccccc2)=NC3)n1. The molecule has 2 heterocycles. The van der Waals surface area contributed by atoms with Gasteiger partial charge in [0, 0.05) is 23.0 Å². The molecule has 3 aromatic rings. The fraction of sp³-hybridized carbons (Fsp3) is 0.0526. The highest BCUT2D eigenvalue weighted by molar-refractivity contribution is 6.14. The summed E-state index contributed by atoms with van der Waals surface area (Å²) in [5.41, 5.74) is 8.97. The van der Waals surface area contributed by atoms with Crippen LogP contribution in [0.1, 0.15) is 21.5 Å². The number of benzene rings is 2. The first kappa shape index (κ1) is 15.8. The smallest absolute Gasteiger partial charge is 0.256 e. The molecule has 0 fully saturated rings. The molecule has 1 aliphatic rings. The van der Waals surface area contributed by atoms with E-state index in [4.69, 9.17) is 5.73 Å². The van der Waals surface area contributed by atoms with E-state index in [9.17, 15) is 4.79 Å². The zero-order chi connectivity index (χ0) is 17.9. The maximum atomic E-state index is 12.4. The van der Waals surface area contributed by atoms with Gasteiger partial charge in [-0.25, -0.2) is 4.98 Å². The number of carbonyl (C=O) groups excluding carboxylic acids is 1. The van der Waals surface area contributed by atoms with Gasteiger partial charge in [0.25, 0.3) is 5.91 Å². The summed E-state index contributed by atoms with van der Waals surface area (Å²) in [5, 5.41) is 6.07. The number of fused-ring (bicyclic) bond motifs is 1. The lowest BCUT2D eigenvalue weighted by atomic mass is 10.1. The summed E-state index contributed by atoms with van der Waals surface area (Å²) in [6.07, 6.45) is 1.59. The Hall–Kier alpha value is -3.74. The first-order chi connectivity index (χ1) is 12.7. The molecule has 7 nitrogen and oxygen atoms in total. The minimum atomic E-state index is -0.181. The van der Waals surface area contributed by atoms with E-state index in [-0.39, 0.29) is 11.9 Å². The third-order valence-electron chi connectivity index (χ3n) is 3.99. The summed E-state index contributed by atoms with van der Waals surface area (Å²) < 4.78 is 0. The largest absolute Gasteiger partial charge is 0.368 e. The number of hydrogen-bond acceptors (Lipinski definition) is 6. The lowest BCUT2D eigenvalue weighted by Gasteiger charge is -2.10. The second-order valence-corrected chi connectivity index (χ2v) is 5.78. The van der Waals surface area contributed by atoms with Crippen LogP contribution in [0.15, 0.2) is 65.8 Å². The fourth-order valence-corrected chi connectivity index (χ4v) is 2.73. The topological polar surface area (TPSA) is 105 Å². The quantitative estimate of drug-likeness (QED) is 0.677. The zero-order valence-corrected chi connectivity index (χ0v) is 13.8. The van der Waals surface area contributed by atoms with Crippen molar-refractivity contribution >= 4 is 29.2 Å². The van der Waals surface area contributed by atoms with Gasteiger partial charge in [0.05, 0.1) is 6.54 Å². The van der Waals surface area contributed by atoms with Gasteiger partial charge in [-0.05, 0) is 35.9 Å². The van der Waals surface area contributed by atoms with Crippen molar-refractivity contribution in [3.05, 3.63) is 77.5 Å². The van der Waals surface area contributed by atoms with E-state index in [0.717, 1.165) is 16.8 Å². The number of anilines is 3. The first-order valence-corrected chi connectivity index (χ1v) is 8.09. The van der Waals surface area contributed by atoms with Crippen LogP contribution in [-0.4, -0.2) is 21.7 Å². The third kappa shape index (κ3) is 3.23. The van der Waals surface area contributed by atoms with E-state index < -0.39 is 0 Å². The number of nitrogens with two attached hydrogens (primary N) is 1. The van der Waals surface area contributed by atoms with Gasteiger partial charge in [-0.1, -0.05) is 24.3 Å². The highest BCUT2D eigenvalue weighted by Crippen LogP contribution is 2.24. The average molecular weight is 344 g/mol. The van der Waals surface area contributed by atoms with Crippen molar-refractivity contribution in [1.29, 1.82) is 0 Å². The molecule has 26 heavy (non-hydrogen) atoms. The molecule has 0 spiro atoms. The maximum absolute atomic E-state index is 12.4. The minimum Gasteiger partial charge on any atom is -0.368 e. The average Bonchev–Trinajstić information content (AvgIpc) is 3.05. The van der Waals surface area contributed by atoms with Crippen LogP contribution in [0.2, 0.25) is 0 Å². The number of carbonyl (C=O) groups is 1. The number of aromatic nitrogens is 2. The molecule has 0 unspecified atom stereocenters. The number of nitrogen functional groups attached to an aromatic ring is 1. The summed E-state index contributed by atoms with van der Waals surface area (Å²) >= 11 is 0. The van der Waals surface area contributed by atoms with Gasteiger partial charge >= 0.3 is 0 Å². The first-order valence-electron chi connectivity index (χ1n) is 8.09. The number of nitrogens with zero attached hydrogens (tertiary/aromatic N) is 3. The zero-order valence-electron chi connectivity index (χ0n) is 13.8. The van der Waals surface area contributed by atoms with Crippen LogP contribution in [-0.2, 0) is 6.54 Å². The van der Waals surface area contributed by atoms with E-state index in [1.807, 2.05) is 36.4 Å². The predicted molar refractivity (Wildman–Crippen MR) is 100 cm³/mol. The van der Waals surface area contributed by atoms with Crippen LogP contribution in [0.4, 0.5) is 17.5 Å². The van der Waals surface area contributed by atoms with E-state index in [1.54, 1.807) is 24.4 Å². The highest BCUT2D eigenvalue weighted by atomic mass is 16.1. The van der Waals surface area contributed by atoms with Gasteiger partial charge in [-0.2, -0.15) is 4.98 Å². The molecule has 4 rings (SSSR count). The van der Waals surface area contributed by atoms with Crippen molar-refractivity contribution in [2.24, 2.45) is 4.99 Å². The Morgan fingerprint density at radius 2 is 1.92 bits per heavy atom. The third-order valence-corrected chi connectivity index (χ3v) is 3.99. The molecule has 0 saturated carbocycles. The fourth-order valence-electron chi connectivity index (χ4n) is 2.73. The molecule has 0 bridgehead atoms. The molecular weight excluding hydrogens is 328 g/mol. The van der Waals surface area contributed by atoms with Crippen molar-refractivity contribution in [3.8, 4) is 0 Å². The minimum absolute atomic E-state index is 0.181. The molecule has 4 N–H and O–H groups in total. The maximum Gasteiger partial charge on any atom is 0.256 e. The number of amides is 1. The second-order valence-electron chi connectivity index (χ2n) is 5.78. The second kappa shape index (κ2) is 6.64. The number of hydrogen-bond donors (Lipinski definition) is 3. The Bertz CT molecular complexity index is 1000. The van der Waals surface area contributed by atoms with Crippen LogP contribution in [0.25, 0.3) is 0 Å². The van der Waals surface area contributed by atoms with Crippen molar-refractivity contribution in [1.82, 2.24) is 15.3 Å². The molecule has 128 valence electrons. The number of nitrogens with one attached hydrogen (secondary N) is 2. The Morgan fingerprint density at radius 1 is 1.08 bits per heavy atom. The van der Waals surface area contributed by atoms with Gasteiger partial charge in [0.1, 0.15) is 11.7 Å². The van der Waals surface area contributed by atoms with Crippen molar-refractivity contribution in [2.45, 2.75) is 6.54 Å². The lowest BCUT2D eigenvalue weighted by Crippen LogP contribution is -2.30. The molecular formula is C19H16N6O. The molecule has 1 aliphatic heterocycles. The van der Waals surface area contributed by atoms with Gasteiger partial charge in [0.2, 0.25) is 5.95 Å². The Balaban J connectivity index is 1.55. The molecule has 0 saturated heterocycles. The molecule has 0 radical (unpaired) electrons. The molecule has 7 heteroatoms. The van der Waals surface area contributed by atoms with Crippen molar-refractivity contribution in [3.63, 3.8) is 0 Å². The summed E-state index contributed by atoms with van der Waals surface area (Å²) in [6.45, 7) is 0.542. The van der Waals surface area contributed by atoms with E-state index >= 15 is 0 Å². The molecule has 1 aromatic heterocycles. The molecule has 1 amide bonds. The van der Waals surface area contributed by atoms with E-state index in [0.29, 0.717) is 23.8 Å². The van der Waals surface area contributed by atoms with Gasteiger partial charge in [-0.3, -0.25) is 9.79 Å². The van der Waals surface area contributed by atoms with Crippen LogP contribution < -0.4 is 16.4 Å². The van der Waals surface area contributed by atoms with Crippen LogP contribution in [0, 0.1) is 0 Å². The molecule has 0 aliphatic carbocycles. The Labute approximate surface area is 150 Å². The molecule has 0 atom stereocenters. The standard InChI is InChI=1S/C19H16N6O/c20-19-21-9-8-16(24-19)23-14-7-6-13-11-22-17(15(13)10-14)25-18(26)12-4-2-1-3-5-12/h1-10H,11H2,(H,22,25,26)(H3,20,21,23,24). The molecule has 2 aromatic carbocycles. The van der Waals surface area contributed by atoms with Gasteiger partial charge in [0.15, 0.2) is 0 Å². The number of aliphatic imine (C=N–C) groups is 1. The van der Waals surface area contributed by atoms with E-state index in [1.165, 1.54) is 0 Å². The van der Waals surface area contributed by atoms with Crippen LogP contribution >= 0.6 is 0 Å². The number of rotatable bonds is 3. The summed E-state index contributed by atoms with van der Waals surface area (Å²) in [5.74, 6) is 1.19. The predicted octanol–water partition coefficient (Wildman–Crippen LogP) is 2.49. The summed E-state index contributed by atoms with van der Waals surface area (Å²) in [4.78, 5) is 24.8. The highest BCUT2D eigenvalue weighted by Gasteiger charge is 2.19. The monoisotopic (exact) mass is 344 g/mol. The van der Waals surface area contributed by atoms with Crippen LogP contribution in [0.3, 0.4) is 0 Å². The normalized spacial score (nSPS) is 12.2. The Morgan fingerprint density at radius 3 is 2.73 bits per heavy atom. The lowest BCUT2D eigenvalue weighted by molar-refractivity contribution is 0.0977. The van der Waals surface area contributed by atoms with Gasteiger partial charge < -0.3 is 16.4 Å². The van der Waals surface area contributed by atoms with Crippen molar-refractivity contribution < 1.29 is 4.79 Å². The van der Waals surface area contributed by atoms with Crippen molar-refractivity contribution in [2.75, 3.05) is 11.1 Å². The van der Waals surface area contributed by atoms with E-state index in [2.05, 4.69) is 25.6 Å². The Kier molecular flexibility index (Phi) is 4.03. The van der Waals surface area contributed by atoms with Gasteiger partial charge in [-0.15, -0.1) is 0 Å². The summed E-state index contributed by atoms with van der Waals surface area (Å²) in [7, 11) is 0. The summed E-state index contributed by atoms with van der Waals surface area (Å²) in [6, 6.07) is 16.6. The number of amidine groups is 1. The van der Waals surface area contributed by atoms with Crippen LogP contribution in [0.5, 0.6) is 0 Å².